The summed E-state index contributed by atoms with van der Waals surface area (Å²) in [6, 6.07) is 0. The zero-order valence-corrected chi connectivity index (χ0v) is 14.3. The van der Waals surface area contributed by atoms with E-state index in [4.69, 9.17) is 4.74 Å². The van der Waals surface area contributed by atoms with E-state index in [-0.39, 0.29) is 23.5 Å². The molecule has 0 aromatic carbocycles. The van der Waals surface area contributed by atoms with Crippen LogP contribution in [0, 0.1) is 0 Å². The molecule has 120 valence electrons. The van der Waals surface area contributed by atoms with Crippen LogP contribution in [0.5, 0.6) is 0 Å². The first kappa shape index (κ1) is 17.0. The van der Waals surface area contributed by atoms with E-state index in [0.29, 0.717) is 22.6 Å². The lowest BCUT2D eigenvalue weighted by Crippen LogP contribution is -2.24. The molecular weight excluding hydrogens is 322 g/mol. The van der Waals surface area contributed by atoms with E-state index in [0.717, 1.165) is 19.3 Å². The number of esters is 1. The monoisotopic (exact) mass is 341 g/mol. The smallest absolute Gasteiger partial charge is 0.311 e. The van der Waals surface area contributed by atoms with E-state index >= 15 is 0 Å². The molecule has 8 heteroatoms. The molecule has 0 bridgehead atoms. The predicted molar refractivity (Wildman–Crippen MR) is 88.6 cm³/mol. The fraction of sp³-hybridized carbons (Fsp3) is 0.571. The lowest BCUT2D eigenvalue weighted by Gasteiger charge is -2.01. The van der Waals surface area contributed by atoms with Crippen LogP contribution in [0.2, 0.25) is 0 Å². The highest BCUT2D eigenvalue weighted by atomic mass is 32.2. The second-order valence-electron chi connectivity index (χ2n) is 4.76. The topological polar surface area (TPSA) is 80.7 Å². The zero-order valence-electron chi connectivity index (χ0n) is 12.6. The van der Waals surface area contributed by atoms with Crippen LogP contribution >= 0.6 is 23.1 Å². The Morgan fingerprint density at radius 3 is 3.05 bits per heavy atom. The molecular formula is C14H19N3O3S2. The van der Waals surface area contributed by atoms with E-state index in [1.165, 1.54) is 23.1 Å². The van der Waals surface area contributed by atoms with Gasteiger partial charge in [-0.25, -0.2) is 4.98 Å². The lowest BCUT2D eigenvalue weighted by molar-refractivity contribution is -0.142. The fourth-order valence-electron chi connectivity index (χ4n) is 1.91. The van der Waals surface area contributed by atoms with E-state index in [9.17, 15) is 9.59 Å². The predicted octanol–water partition coefficient (Wildman–Crippen LogP) is 2.66. The minimum Gasteiger partial charge on any atom is -0.466 e. The van der Waals surface area contributed by atoms with E-state index in [2.05, 4.69) is 22.2 Å². The van der Waals surface area contributed by atoms with Gasteiger partial charge in [0.1, 0.15) is 0 Å². The second-order valence-corrected chi connectivity index (χ2v) is 6.79. The van der Waals surface area contributed by atoms with Crippen molar-refractivity contribution < 1.29 is 14.3 Å². The molecule has 2 rings (SSSR count). The second kappa shape index (κ2) is 8.28. The van der Waals surface area contributed by atoms with E-state index < -0.39 is 0 Å². The molecule has 0 spiro atoms. The van der Waals surface area contributed by atoms with Gasteiger partial charge < -0.3 is 10.1 Å². The molecule has 0 saturated carbocycles. The number of carbonyl (C=O) groups is 2. The van der Waals surface area contributed by atoms with Gasteiger partial charge in [0.2, 0.25) is 11.0 Å². The summed E-state index contributed by atoms with van der Waals surface area (Å²) in [5.41, 5.74) is 0.639. The van der Waals surface area contributed by atoms with Gasteiger partial charge in [-0.05, 0) is 13.3 Å². The Bertz CT molecular complexity index is 571. The van der Waals surface area contributed by atoms with Gasteiger partial charge in [-0.1, -0.05) is 31.5 Å². The molecule has 0 aliphatic carbocycles. The summed E-state index contributed by atoms with van der Waals surface area (Å²) in [5.74, 6) is -0.282. The maximum absolute atomic E-state index is 11.8. The Kier molecular flexibility index (Phi) is 6.38. The molecule has 0 radical (unpaired) electrons. The van der Waals surface area contributed by atoms with Crippen LogP contribution in [0.3, 0.4) is 0 Å². The van der Waals surface area contributed by atoms with Gasteiger partial charge >= 0.3 is 5.97 Å². The number of aliphatic imine (C=N–C) groups is 1. The van der Waals surface area contributed by atoms with Crippen LogP contribution in [0.15, 0.2) is 10.4 Å². The molecule has 1 aliphatic rings. The molecule has 1 atom stereocenters. The quantitative estimate of drug-likeness (QED) is 0.771. The molecule has 1 N–H and O–H groups in total. The van der Waals surface area contributed by atoms with Gasteiger partial charge in [-0.3, -0.25) is 9.59 Å². The van der Waals surface area contributed by atoms with Gasteiger partial charge in [0, 0.05) is 5.38 Å². The third kappa shape index (κ3) is 4.81. The Morgan fingerprint density at radius 1 is 1.50 bits per heavy atom. The van der Waals surface area contributed by atoms with Gasteiger partial charge in [0.05, 0.1) is 24.0 Å². The lowest BCUT2D eigenvalue weighted by atomic mass is 10.2. The minimum atomic E-state index is -0.296. The summed E-state index contributed by atoms with van der Waals surface area (Å²) in [4.78, 5) is 31.8. The fourth-order valence-corrected chi connectivity index (χ4v) is 3.68. The van der Waals surface area contributed by atoms with Crippen LogP contribution in [-0.2, 0) is 20.7 Å². The highest BCUT2D eigenvalue weighted by Crippen LogP contribution is 2.27. The van der Waals surface area contributed by atoms with Gasteiger partial charge in [-0.15, -0.1) is 11.3 Å². The summed E-state index contributed by atoms with van der Waals surface area (Å²) in [5, 5.41) is 5.63. The SMILES string of the molecule is CCCCC1S/C(=N/c2nc(CC(=O)OCC)cs2)NC1=O. The largest absolute Gasteiger partial charge is 0.466 e. The summed E-state index contributed by atoms with van der Waals surface area (Å²) in [6.45, 7) is 4.23. The minimum absolute atomic E-state index is 0.0144. The zero-order chi connectivity index (χ0) is 15.9. The Hall–Kier alpha value is -1.41. The number of amidine groups is 1. The summed E-state index contributed by atoms with van der Waals surface area (Å²) in [6.07, 6.45) is 3.10. The highest BCUT2D eigenvalue weighted by Gasteiger charge is 2.29. The summed E-state index contributed by atoms with van der Waals surface area (Å²) < 4.78 is 4.88. The van der Waals surface area contributed by atoms with Crippen LogP contribution in [0.4, 0.5) is 5.13 Å². The Labute approximate surface area is 137 Å². The molecule has 22 heavy (non-hydrogen) atoms. The third-order valence-electron chi connectivity index (χ3n) is 2.96. The number of hydrogen-bond acceptors (Lipinski definition) is 7. The van der Waals surface area contributed by atoms with Gasteiger partial charge in [-0.2, -0.15) is 4.99 Å². The van der Waals surface area contributed by atoms with Crippen molar-refractivity contribution in [3.05, 3.63) is 11.1 Å². The standard InChI is InChI=1S/C14H19N3O3S2/c1-3-5-6-10-12(19)16-14(22-10)17-13-15-9(8-21-13)7-11(18)20-4-2/h8,10H,3-7H2,1-2H3,(H,15,16,17,19). The van der Waals surface area contributed by atoms with E-state index in [1.54, 1.807) is 12.3 Å². The first-order chi connectivity index (χ1) is 10.6. The van der Waals surface area contributed by atoms with Crippen LogP contribution in [0.25, 0.3) is 0 Å². The molecule has 1 unspecified atom stereocenters. The molecule has 1 amide bonds. The molecule has 2 heterocycles. The average molecular weight is 341 g/mol. The van der Waals surface area contributed by atoms with Crippen LogP contribution < -0.4 is 5.32 Å². The molecule has 1 aliphatic heterocycles. The maximum Gasteiger partial charge on any atom is 0.311 e. The van der Waals surface area contributed by atoms with Crippen molar-refractivity contribution in [1.82, 2.24) is 10.3 Å². The van der Waals surface area contributed by atoms with Crippen molar-refractivity contribution in [1.29, 1.82) is 0 Å². The molecule has 1 aromatic rings. The molecule has 1 fully saturated rings. The maximum atomic E-state index is 11.8. The molecule has 6 nitrogen and oxygen atoms in total. The van der Waals surface area contributed by atoms with Crippen molar-refractivity contribution in [2.75, 3.05) is 6.61 Å². The first-order valence-electron chi connectivity index (χ1n) is 7.28. The number of amides is 1. The number of nitrogens with zero attached hydrogens (tertiary/aromatic N) is 2. The van der Waals surface area contributed by atoms with Gasteiger partial charge in [0.15, 0.2) is 5.17 Å². The van der Waals surface area contributed by atoms with Crippen molar-refractivity contribution in [2.24, 2.45) is 4.99 Å². The number of ether oxygens (including phenoxy) is 1. The molecule has 1 aromatic heterocycles. The first-order valence-corrected chi connectivity index (χ1v) is 9.04. The number of aromatic nitrogens is 1. The number of thioether (sulfide) groups is 1. The summed E-state index contributed by atoms with van der Waals surface area (Å²) >= 11 is 2.79. The average Bonchev–Trinajstić information content (AvgIpc) is 3.04. The Balaban J connectivity index is 1.94. The highest BCUT2D eigenvalue weighted by molar-refractivity contribution is 8.15. The number of carbonyl (C=O) groups excluding carboxylic acids is 2. The number of hydrogen-bond donors (Lipinski definition) is 1. The Morgan fingerprint density at radius 2 is 2.32 bits per heavy atom. The normalized spacial score (nSPS) is 19.5. The third-order valence-corrected chi connectivity index (χ3v) is 4.90. The van der Waals surface area contributed by atoms with Crippen LogP contribution in [0.1, 0.15) is 38.8 Å². The number of nitrogens with one attached hydrogen (secondary N) is 1. The summed E-state index contributed by atoms with van der Waals surface area (Å²) in [7, 11) is 0. The van der Waals surface area contributed by atoms with E-state index in [1.807, 2.05) is 0 Å². The number of thiazole rings is 1. The van der Waals surface area contributed by atoms with Crippen molar-refractivity contribution in [3.8, 4) is 0 Å². The van der Waals surface area contributed by atoms with Crippen LogP contribution in [-0.4, -0.2) is 33.9 Å². The van der Waals surface area contributed by atoms with Crippen molar-refractivity contribution in [2.45, 2.75) is 44.8 Å². The van der Waals surface area contributed by atoms with Gasteiger partial charge in [0.25, 0.3) is 0 Å². The van der Waals surface area contributed by atoms with Crippen molar-refractivity contribution >= 4 is 45.3 Å². The number of rotatable bonds is 7. The molecule has 1 saturated heterocycles. The van der Waals surface area contributed by atoms with Crippen molar-refractivity contribution in [3.63, 3.8) is 0 Å². The number of unbranched alkanes of at least 4 members (excludes halogenated alkanes) is 1.